The molecule has 0 bridgehead atoms. The number of hydrogen-bond donors (Lipinski definition) is 2. The van der Waals surface area contributed by atoms with E-state index in [0.717, 1.165) is 35.2 Å². The van der Waals surface area contributed by atoms with Crippen LogP contribution in [0.25, 0.3) is 34.1 Å². The van der Waals surface area contributed by atoms with E-state index in [-0.39, 0.29) is 11.9 Å². The molecule has 1 atom stereocenters. The predicted molar refractivity (Wildman–Crippen MR) is 146 cm³/mol. The molecule has 0 saturated heterocycles. The maximum atomic E-state index is 12.8. The van der Waals surface area contributed by atoms with Gasteiger partial charge in [-0.1, -0.05) is 6.07 Å². The fourth-order valence-corrected chi connectivity index (χ4v) is 5.14. The van der Waals surface area contributed by atoms with Gasteiger partial charge in [-0.05, 0) is 78.6 Å². The predicted octanol–water partition coefficient (Wildman–Crippen LogP) is 4.06. The Bertz CT molecular complexity index is 1830. The molecule has 6 aromatic rings. The number of aryl methyl sites for hydroxylation is 1. The third-order valence-electron chi connectivity index (χ3n) is 7.00. The van der Waals surface area contributed by atoms with Crippen LogP contribution in [-0.2, 0) is 6.42 Å². The van der Waals surface area contributed by atoms with E-state index < -0.39 is 0 Å². The summed E-state index contributed by atoms with van der Waals surface area (Å²) in [5.74, 6) is 1.59. The molecule has 1 aliphatic rings. The van der Waals surface area contributed by atoms with Crippen molar-refractivity contribution < 1.29 is 4.79 Å². The molecule has 1 aliphatic carbocycles. The summed E-state index contributed by atoms with van der Waals surface area (Å²) in [6.07, 6.45) is 10.1. The molecule has 0 unspecified atom stereocenters. The van der Waals surface area contributed by atoms with Crippen LogP contribution in [0.4, 0.5) is 5.82 Å². The Morgan fingerprint density at radius 2 is 1.92 bits per heavy atom. The van der Waals surface area contributed by atoms with Gasteiger partial charge < -0.3 is 11.1 Å². The van der Waals surface area contributed by atoms with Crippen LogP contribution in [0.1, 0.15) is 33.9 Å². The number of anilines is 1. The third-order valence-corrected chi connectivity index (χ3v) is 7.00. The van der Waals surface area contributed by atoms with Crippen molar-refractivity contribution >= 4 is 22.9 Å². The molecule has 0 spiro atoms. The van der Waals surface area contributed by atoms with Gasteiger partial charge in [0.15, 0.2) is 17.3 Å². The summed E-state index contributed by atoms with van der Waals surface area (Å²) in [6, 6.07) is 19.1. The number of nitrogen functional groups attached to an aromatic ring is 1. The highest BCUT2D eigenvalue weighted by Crippen LogP contribution is 2.36. The summed E-state index contributed by atoms with van der Waals surface area (Å²) >= 11 is 0. The number of fused-ring (bicyclic) bond motifs is 2. The van der Waals surface area contributed by atoms with E-state index in [9.17, 15) is 4.79 Å². The molecule has 10 heteroatoms. The Labute approximate surface area is 223 Å². The van der Waals surface area contributed by atoms with Crippen molar-refractivity contribution in [3.8, 4) is 22.9 Å². The van der Waals surface area contributed by atoms with E-state index in [1.807, 2.05) is 47.2 Å². The SMILES string of the molecule is Nc1ncccc1-c1nc2ccc(-n3cccn3)nc2n1-c1ccc2c(c1)CC[C@@H]2NC(=O)c1cccnc1. The summed E-state index contributed by atoms with van der Waals surface area (Å²) in [5, 5.41) is 7.49. The summed E-state index contributed by atoms with van der Waals surface area (Å²) in [7, 11) is 0. The number of nitrogens with zero attached hydrogens (tertiary/aromatic N) is 7. The molecule has 5 aromatic heterocycles. The molecule has 190 valence electrons. The lowest BCUT2D eigenvalue weighted by molar-refractivity contribution is 0.0936. The lowest BCUT2D eigenvalue weighted by Gasteiger charge is -2.16. The number of hydrogen-bond acceptors (Lipinski definition) is 7. The standard InChI is InChI=1S/C29H23N9O/c30-26-22(5-2-13-32-26)27-34-24-10-11-25(37-15-3-14-33-37)36-28(24)38(27)20-7-8-21-18(16-20)6-9-23(21)35-29(39)19-4-1-12-31-17-19/h1-5,7-8,10-17,23H,6,9H2,(H2,30,32)(H,35,39)/t23-/m0/s1. The van der Waals surface area contributed by atoms with Gasteiger partial charge in [-0.2, -0.15) is 5.10 Å². The molecule has 0 saturated carbocycles. The number of carbonyl (C=O) groups is 1. The first-order chi connectivity index (χ1) is 19.2. The molecule has 3 N–H and O–H groups in total. The molecule has 1 amide bonds. The lowest BCUT2D eigenvalue weighted by Crippen LogP contribution is -2.27. The average molecular weight is 514 g/mol. The first-order valence-corrected chi connectivity index (χ1v) is 12.6. The molecule has 7 rings (SSSR count). The highest BCUT2D eigenvalue weighted by atomic mass is 16.1. The molecular weight excluding hydrogens is 490 g/mol. The monoisotopic (exact) mass is 513 g/mol. The highest BCUT2D eigenvalue weighted by Gasteiger charge is 2.26. The van der Waals surface area contributed by atoms with Crippen LogP contribution in [0.3, 0.4) is 0 Å². The number of benzene rings is 1. The summed E-state index contributed by atoms with van der Waals surface area (Å²) in [4.78, 5) is 31.0. The Morgan fingerprint density at radius 1 is 1.00 bits per heavy atom. The first-order valence-electron chi connectivity index (χ1n) is 12.6. The molecule has 0 radical (unpaired) electrons. The fraction of sp³-hybridized carbons (Fsp3) is 0.103. The van der Waals surface area contributed by atoms with Gasteiger partial charge in [0, 0.05) is 36.7 Å². The van der Waals surface area contributed by atoms with Crippen molar-refractivity contribution in [3.63, 3.8) is 0 Å². The van der Waals surface area contributed by atoms with Gasteiger partial charge in [-0.15, -0.1) is 0 Å². The molecule has 10 nitrogen and oxygen atoms in total. The maximum absolute atomic E-state index is 12.8. The van der Waals surface area contributed by atoms with Gasteiger partial charge >= 0.3 is 0 Å². The van der Waals surface area contributed by atoms with Crippen LogP contribution in [0.2, 0.25) is 0 Å². The van der Waals surface area contributed by atoms with Crippen molar-refractivity contribution in [2.75, 3.05) is 5.73 Å². The minimum atomic E-state index is -0.129. The van der Waals surface area contributed by atoms with Gasteiger partial charge in [0.1, 0.15) is 11.3 Å². The molecule has 0 fully saturated rings. The van der Waals surface area contributed by atoms with Crippen molar-refractivity contribution in [3.05, 3.63) is 108 Å². The average Bonchev–Trinajstić information content (AvgIpc) is 3.72. The van der Waals surface area contributed by atoms with Crippen molar-refractivity contribution in [2.45, 2.75) is 18.9 Å². The van der Waals surface area contributed by atoms with Crippen LogP contribution in [-0.4, -0.2) is 40.2 Å². The quantitative estimate of drug-likeness (QED) is 0.356. The molecule has 1 aromatic carbocycles. The Balaban J connectivity index is 1.33. The van der Waals surface area contributed by atoms with E-state index in [1.165, 1.54) is 5.56 Å². The normalized spacial score (nSPS) is 14.4. The summed E-state index contributed by atoms with van der Waals surface area (Å²) in [6.45, 7) is 0. The zero-order valence-electron chi connectivity index (χ0n) is 20.8. The molecule has 5 heterocycles. The summed E-state index contributed by atoms with van der Waals surface area (Å²) < 4.78 is 3.73. The van der Waals surface area contributed by atoms with E-state index >= 15 is 0 Å². The minimum Gasteiger partial charge on any atom is -0.383 e. The number of amides is 1. The van der Waals surface area contributed by atoms with Gasteiger partial charge in [0.2, 0.25) is 0 Å². The smallest absolute Gasteiger partial charge is 0.253 e. The number of pyridine rings is 3. The Hall–Kier alpha value is -5.38. The third kappa shape index (κ3) is 3.98. The van der Waals surface area contributed by atoms with Crippen LogP contribution < -0.4 is 11.1 Å². The fourth-order valence-electron chi connectivity index (χ4n) is 5.14. The number of nitrogens with two attached hydrogens (primary N) is 1. The number of nitrogens with one attached hydrogen (secondary N) is 1. The zero-order chi connectivity index (χ0) is 26.3. The maximum Gasteiger partial charge on any atom is 0.253 e. The van der Waals surface area contributed by atoms with Crippen LogP contribution >= 0.6 is 0 Å². The van der Waals surface area contributed by atoms with Crippen molar-refractivity contribution in [2.24, 2.45) is 0 Å². The lowest BCUT2D eigenvalue weighted by atomic mass is 10.1. The highest BCUT2D eigenvalue weighted by molar-refractivity contribution is 5.94. The van der Waals surface area contributed by atoms with E-state index in [4.69, 9.17) is 15.7 Å². The van der Waals surface area contributed by atoms with Gasteiger partial charge in [0.05, 0.1) is 17.2 Å². The van der Waals surface area contributed by atoms with Gasteiger partial charge in [-0.3, -0.25) is 14.3 Å². The second kappa shape index (κ2) is 9.18. The van der Waals surface area contributed by atoms with E-state index in [2.05, 4.69) is 32.5 Å². The largest absolute Gasteiger partial charge is 0.383 e. The zero-order valence-corrected chi connectivity index (χ0v) is 20.8. The van der Waals surface area contributed by atoms with Crippen molar-refractivity contribution in [1.82, 2.24) is 39.6 Å². The molecular formula is C29H23N9O. The second-order valence-corrected chi connectivity index (χ2v) is 9.36. The van der Waals surface area contributed by atoms with E-state index in [0.29, 0.717) is 28.7 Å². The van der Waals surface area contributed by atoms with Crippen molar-refractivity contribution in [1.29, 1.82) is 0 Å². The number of carbonyl (C=O) groups excluding carboxylic acids is 1. The second-order valence-electron chi connectivity index (χ2n) is 9.36. The van der Waals surface area contributed by atoms with Crippen LogP contribution in [0.15, 0.2) is 91.6 Å². The minimum absolute atomic E-state index is 0.0701. The van der Waals surface area contributed by atoms with Crippen LogP contribution in [0.5, 0.6) is 0 Å². The topological polar surface area (TPSA) is 129 Å². The Morgan fingerprint density at radius 3 is 2.74 bits per heavy atom. The number of imidazole rings is 1. The number of aromatic nitrogens is 7. The number of rotatable bonds is 5. The van der Waals surface area contributed by atoms with Gasteiger partial charge in [0.25, 0.3) is 5.91 Å². The molecule has 0 aliphatic heterocycles. The Kier molecular flexibility index (Phi) is 5.36. The first kappa shape index (κ1) is 22.8. The van der Waals surface area contributed by atoms with E-state index in [1.54, 1.807) is 41.6 Å². The summed E-state index contributed by atoms with van der Waals surface area (Å²) in [5.41, 5.74) is 12.1. The van der Waals surface area contributed by atoms with Gasteiger partial charge in [-0.25, -0.2) is 19.6 Å². The molecule has 39 heavy (non-hydrogen) atoms. The van der Waals surface area contributed by atoms with Crippen LogP contribution in [0, 0.1) is 0 Å².